The van der Waals surface area contributed by atoms with Gasteiger partial charge in [0, 0.05) is 61.0 Å². The minimum atomic E-state index is -4.04. The predicted octanol–water partition coefficient (Wildman–Crippen LogP) is 1.81. The Hall–Kier alpha value is -4.90. The quantitative estimate of drug-likeness (QED) is 0.128. The zero-order valence-electron chi connectivity index (χ0n) is 32.5. The van der Waals surface area contributed by atoms with Crippen molar-refractivity contribution in [2.24, 2.45) is 5.73 Å². The van der Waals surface area contributed by atoms with Crippen LogP contribution in [0, 0.1) is 0 Å². The van der Waals surface area contributed by atoms with Crippen LogP contribution in [0.1, 0.15) is 85.3 Å². The molecule has 6 atom stereocenters. The van der Waals surface area contributed by atoms with Crippen LogP contribution < -0.4 is 21.7 Å². The van der Waals surface area contributed by atoms with E-state index in [1.54, 1.807) is 19.1 Å². The van der Waals surface area contributed by atoms with E-state index >= 15 is 0 Å². The fraction of sp³-hybridized carbons (Fsp3) is 0.474. The van der Waals surface area contributed by atoms with Crippen molar-refractivity contribution in [3.63, 3.8) is 0 Å². The normalized spacial score (nSPS) is 21.1. The minimum Gasteiger partial charge on any atom is -0.370 e. The number of hydrogen-bond acceptors (Lipinski definition) is 10. The van der Waals surface area contributed by atoms with Gasteiger partial charge in [-0.25, -0.2) is 8.42 Å². The highest BCUT2D eigenvalue weighted by atomic mass is 32.2. The number of benzene rings is 2. The maximum atomic E-state index is 14.5. The van der Waals surface area contributed by atoms with Crippen LogP contribution in [0.15, 0.2) is 53.4 Å². The summed E-state index contributed by atoms with van der Waals surface area (Å²) in [5, 5.41) is 8.83. The van der Waals surface area contributed by atoms with E-state index in [1.807, 2.05) is 13.8 Å². The van der Waals surface area contributed by atoms with Crippen LogP contribution in [0.5, 0.6) is 0 Å². The van der Waals surface area contributed by atoms with Gasteiger partial charge in [0.2, 0.25) is 29.2 Å². The Bertz CT molecular complexity index is 2220. The number of nitrogens with one attached hydrogen (secondary N) is 4. The smallest absolute Gasteiger partial charge is 0.268 e. The third-order valence-corrected chi connectivity index (χ3v) is 12.7. The molecule has 2 fully saturated rings. The van der Waals surface area contributed by atoms with E-state index in [0.29, 0.717) is 42.3 Å². The van der Waals surface area contributed by atoms with Crippen LogP contribution in [0.4, 0.5) is 0 Å². The van der Waals surface area contributed by atoms with E-state index < -0.39 is 76.4 Å². The summed E-state index contributed by atoms with van der Waals surface area (Å²) >= 11 is 0. The molecule has 2 aliphatic heterocycles. The highest BCUT2D eigenvalue weighted by Crippen LogP contribution is 2.40. The lowest BCUT2D eigenvalue weighted by Crippen LogP contribution is -2.62. The van der Waals surface area contributed by atoms with Crippen LogP contribution in [0.25, 0.3) is 10.9 Å². The van der Waals surface area contributed by atoms with Crippen molar-refractivity contribution < 1.29 is 46.6 Å². The van der Waals surface area contributed by atoms with Crippen LogP contribution in [-0.4, -0.2) is 119 Å². The zero-order chi connectivity index (χ0) is 42.0. The number of hydrogen-bond donors (Lipinski definition) is 6. The molecule has 308 valence electrons. The SMILES string of the molecule is CC(C)N1CC[C@H]2CC[C@@H](C(=O)N[C@@H](CCC(N)=O)C(=O)N[C@@H](C)c3ccc(S(C)(=O)=O)cc3)N2C(=O)[C@@H](NC(=O)c2cc3cc(C(=O)P(C)(=O)O)ccc3[nH]2)C1. The predicted molar refractivity (Wildman–Crippen MR) is 211 cm³/mol. The Morgan fingerprint density at radius 1 is 1.00 bits per heavy atom. The van der Waals surface area contributed by atoms with Gasteiger partial charge in [0.1, 0.15) is 23.8 Å². The Kier molecular flexibility index (Phi) is 13.1. The Labute approximate surface area is 330 Å². The second-order valence-electron chi connectivity index (χ2n) is 15.2. The van der Waals surface area contributed by atoms with Crippen molar-refractivity contribution in [3.8, 4) is 0 Å². The molecule has 1 unspecified atom stereocenters. The topological polar surface area (TPSA) is 258 Å². The molecule has 0 saturated carbocycles. The van der Waals surface area contributed by atoms with Crippen LogP contribution in [0.2, 0.25) is 0 Å². The fourth-order valence-electron chi connectivity index (χ4n) is 7.32. The summed E-state index contributed by atoms with van der Waals surface area (Å²) in [6, 6.07) is 7.61. The summed E-state index contributed by atoms with van der Waals surface area (Å²) in [5.74, 6) is -2.99. The first kappa shape index (κ1) is 43.2. The Balaban J connectivity index is 1.34. The molecule has 17 nitrogen and oxygen atoms in total. The molecule has 0 radical (unpaired) electrons. The van der Waals surface area contributed by atoms with E-state index in [0.717, 1.165) is 12.9 Å². The summed E-state index contributed by atoms with van der Waals surface area (Å²) in [5.41, 5.74) is 5.67. The Morgan fingerprint density at radius 2 is 1.68 bits per heavy atom. The standard InChI is InChI=1S/C38H50N7O10PS/c1-21(2)44-17-16-26-9-14-32(36(49)42-29(13-15-33(39)46)34(47)40-22(3)23-6-10-27(11-7-23)57(5,54)55)45(26)37(50)31(20-44)43-35(48)30-19-25-18-24(8-12-28(25)41-30)38(51)56(4,52)53/h6-8,10-12,18-19,21-22,26,29,31-32,41H,9,13-17,20H2,1-5H3,(H2,39,46)(H,40,47)(H,42,49)(H,43,48)(H,52,53)/t22-,26+,29-,31-,32-/m0/s1. The third kappa shape index (κ3) is 10.3. The first-order valence-electron chi connectivity index (χ1n) is 18.7. The fourth-order valence-corrected chi connectivity index (χ4v) is 8.57. The molecule has 0 aliphatic carbocycles. The van der Waals surface area contributed by atoms with Gasteiger partial charge in [0.25, 0.3) is 13.3 Å². The van der Waals surface area contributed by atoms with Gasteiger partial charge in [-0.3, -0.25) is 38.2 Å². The molecule has 2 aliphatic rings. The lowest BCUT2D eigenvalue weighted by Gasteiger charge is -2.40. The molecule has 7 N–H and O–H groups in total. The van der Waals surface area contributed by atoms with Gasteiger partial charge in [-0.2, -0.15) is 0 Å². The summed E-state index contributed by atoms with van der Waals surface area (Å²) in [7, 11) is -7.48. The number of sulfone groups is 1. The first-order chi connectivity index (χ1) is 26.6. The van der Waals surface area contributed by atoms with Gasteiger partial charge in [0.05, 0.1) is 10.9 Å². The molecule has 2 aromatic carbocycles. The van der Waals surface area contributed by atoms with Crippen molar-refractivity contribution in [2.45, 2.75) is 94.0 Å². The van der Waals surface area contributed by atoms with Crippen LogP contribution in [0.3, 0.4) is 0 Å². The highest BCUT2D eigenvalue weighted by Gasteiger charge is 2.46. The van der Waals surface area contributed by atoms with Gasteiger partial charge in [-0.05, 0) is 88.4 Å². The van der Waals surface area contributed by atoms with Crippen molar-refractivity contribution >= 4 is 63.2 Å². The van der Waals surface area contributed by atoms with Crippen molar-refractivity contribution in [1.29, 1.82) is 0 Å². The number of rotatable bonds is 14. The van der Waals surface area contributed by atoms with Crippen LogP contribution in [-0.2, 0) is 33.6 Å². The third-order valence-electron chi connectivity index (χ3n) is 10.5. The number of primary amides is 1. The highest BCUT2D eigenvalue weighted by molar-refractivity contribution is 7.90. The van der Waals surface area contributed by atoms with Gasteiger partial charge in [-0.1, -0.05) is 12.1 Å². The molecule has 1 aromatic heterocycles. The average Bonchev–Trinajstić information content (AvgIpc) is 3.76. The van der Waals surface area contributed by atoms with E-state index in [4.69, 9.17) is 5.73 Å². The van der Waals surface area contributed by atoms with E-state index in [9.17, 15) is 46.6 Å². The molecule has 3 aromatic rings. The van der Waals surface area contributed by atoms with Crippen molar-refractivity contribution in [3.05, 3.63) is 65.4 Å². The molecular weight excluding hydrogens is 777 g/mol. The number of carbonyl (C=O) groups excluding carboxylic acids is 6. The second-order valence-corrected chi connectivity index (χ2v) is 19.4. The number of carbonyl (C=O) groups is 6. The minimum absolute atomic E-state index is 0.0130. The summed E-state index contributed by atoms with van der Waals surface area (Å²) in [6.07, 6.45) is 2.12. The molecule has 2 saturated heterocycles. The van der Waals surface area contributed by atoms with E-state index in [2.05, 4.69) is 25.8 Å². The molecule has 57 heavy (non-hydrogen) atoms. The number of H-pyrrole nitrogens is 1. The van der Waals surface area contributed by atoms with Crippen molar-refractivity contribution in [1.82, 2.24) is 30.7 Å². The largest absolute Gasteiger partial charge is 0.370 e. The number of amides is 5. The van der Waals surface area contributed by atoms with Gasteiger partial charge in [0.15, 0.2) is 9.84 Å². The first-order valence-corrected chi connectivity index (χ1v) is 22.7. The Morgan fingerprint density at radius 3 is 2.30 bits per heavy atom. The number of nitrogens with zero attached hydrogens (tertiary/aromatic N) is 2. The number of aromatic nitrogens is 1. The summed E-state index contributed by atoms with van der Waals surface area (Å²) < 4.78 is 35.8. The molecular formula is C38H50N7O10PS. The van der Waals surface area contributed by atoms with Gasteiger partial charge < -0.3 is 36.5 Å². The molecule has 5 rings (SSSR count). The van der Waals surface area contributed by atoms with Crippen molar-refractivity contribution in [2.75, 3.05) is 26.0 Å². The average molecular weight is 828 g/mol. The molecule has 19 heteroatoms. The molecule has 3 heterocycles. The second kappa shape index (κ2) is 17.3. The lowest BCUT2D eigenvalue weighted by atomic mass is 10.0. The molecule has 0 spiro atoms. The summed E-state index contributed by atoms with van der Waals surface area (Å²) in [4.78, 5) is 96.4. The van der Waals surface area contributed by atoms with Crippen LogP contribution >= 0.6 is 7.37 Å². The number of nitrogens with two attached hydrogens (primary N) is 1. The maximum Gasteiger partial charge on any atom is 0.268 e. The number of aromatic amines is 1. The summed E-state index contributed by atoms with van der Waals surface area (Å²) in [6.45, 7) is 7.33. The molecule has 5 amide bonds. The van der Waals surface area contributed by atoms with Gasteiger partial charge >= 0.3 is 0 Å². The zero-order valence-corrected chi connectivity index (χ0v) is 34.2. The van der Waals surface area contributed by atoms with E-state index in [-0.39, 0.29) is 47.6 Å². The molecule has 0 bridgehead atoms. The van der Waals surface area contributed by atoms with Gasteiger partial charge in [-0.15, -0.1) is 0 Å². The monoisotopic (exact) mass is 827 g/mol. The van der Waals surface area contributed by atoms with E-state index in [1.165, 1.54) is 41.3 Å². The number of fused-ring (bicyclic) bond motifs is 2. The maximum absolute atomic E-state index is 14.5. The lowest BCUT2D eigenvalue weighted by molar-refractivity contribution is -0.144.